The lowest BCUT2D eigenvalue weighted by molar-refractivity contribution is 0.0925. The maximum atomic E-state index is 13.2. The molecule has 1 aliphatic rings. The van der Waals surface area contributed by atoms with Gasteiger partial charge in [0.25, 0.3) is 5.91 Å². The maximum Gasteiger partial charge on any atom is 0.254 e. The Hall–Kier alpha value is -2.60. The molecule has 1 aromatic carbocycles. The van der Waals surface area contributed by atoms with Crippen LogP contribution in [0.3, 0.4) is 0 Å². The van der Waals surface area contributed by atoms with E-state index in [1.54, 1.807) is 6.20 Å². The number of nitrogens with one attached hydrogen (secondary N) is 1. The third-order valence-corrected chi connectivity index (χ3v) is 7.01. The summed E-state index contributed by atoms with van der Waals surface area (Å²) < 4.78 is 5.25. The Labute approximate surface area is 181 Å². The van der Waals surface area contributed by atoms with Crippen LogP contribution in [-0.2, 0) is 11.2 Å². The van der Waals surface area contributed by atoms with Crippen molar-refractivity contribution in [2.45, 2.75) is 62.8 Å². The van der Waals surface area contributed by atoms with Gasteiger partial charge in [-0.25, -0.2) is 4.98 Å². The van der Waals surface area contributed by atoms with Gasteiger partial charge in [-0.3, -0.25) is 4.79 Å². The standard InChI is InChI=1S/C24H27N3O2S/c1-15-19(16(2)29-27-15)14-30-23-18(9-7-13-25-23)22(28)26-21-11-12-24(3,4)20-10-6-5-8-17(20)21/h5-10,13,21H,11-12,14H2,1-4H3,(H,26,28)/t21-/m0/s1. The Morgan fingerprint density at radius 3 is 2.80 bits per heavy atom. The van der Waals surface area contributed by atoms with Crippen LogP contribution in [0.2, 0.25) is 0 Å². The second kappa shape index (κ2) is 8.26. The topological polar surface area (TPSA) is 68.0 Å². The molecular weight excluding hydrogens is 394 g/mol. The van der Waals surface area contributed by atoms with E-state index in [-0.39, 0.29) is 17.4 Å². The quantitative estimate of drug-likeness (QED) is 0.549. The summed E-state index contributed by atoms with van der Waals surface area (Å²) in [4.78, 5) is 17.7. The number of carbonyl (C=O) groups excluding carboxylic acids is 1. The predicted octanol–water partition coefficient (Wildman–Crippen LogP) is 5.52. The lowest BCUT2D eigenvalue weighted by Gasteiger charge is -2.37. The Balaban J connectivity index is 1.54. The van der Waals surface area contributed by atoms with Crippen LogP contribution in [-0.4, -0.2) is 16.0 Å². The molecule has 1 N–H and O–H groups in total. The smallest absolute Gasteiger partial charge is 0.254 e. The fourth-order valence-corrected chi connectivity index (χ4v) is 5.27. The van der Waals surface area contributed by atoms with Crippen LogP contribution in [0.5, 0.6) is 0 Å². The van der Waals surface area contributed by atoms with E-state index in [2.05, 4.69) is 47.5 Å². The highest BCUT2D eigenvalue weighted by molar-refractivity contribution is 7.98. The number of carbonyl (C=O) groups is 1. The zero-order valence-electron chi connectivity index (χ0n) is 17.9. The average Bonchev–Trinajstić information content (AvgIpc) is 3.06. The maximum absolute atomic E-state index is 13.2. The van der Waals surface area contributed by atoms with Gasteiger partial charge in [0.2, 0.25) is 0 Å². The lowest BCUT2D eigenvalue weighted by atomic mass is 9.71. The largest absolute Gasteiger partial charge is 0.361 e. The minimum atomic E-state index is -0.0797. The number of pyridine rings is 1. The minimum absolute atomic E-state index is 0.0161. The molecule has 4 rings (SSSR count). The average molecular weight is 422 g/mol. The van der Waals surface area contributed by atoms with Crippen molar-refractivity contribution in [1.29, 1.82) is 0 Å². The molecule has 1 amide bonds. The van der Waals surface area contributed by atoms with E-state index in [0.717, 1.165) is 34.9 Å². The Kier molecular flexibility index (Phi) is 5.69. The number of thioether (sulfide) groups is 1. The molecule has 3 aromatic rings. The van der Waals surface area contributed by atoms with Crippen molar-refractivity contribution in [1.82, 2.24) is 15.5 Å². The van der Waals surface area contributed by atoms with Crippen LogP contribution >= 0.6 is 11.8 Å². The van der Waals surface area contributed by atoms with Gasteiger partial charge in [0.15, 0.2) is 0 Å². The number of hydrogen-bond acceptors (Lipinski definition) is 5. The summed E-state index contributed by atoms with van der Waals surface area (Å²) >= 11 is 1.54. The fraction of sp³-hybridized carbons (Fsp3) is 0.375. The predicted molar refractivity (Wildman–Crippen MR) is 119 cm³/mol. The molecule has 0 saturated heterocycles. The van der Waals surface area contributed by atoms with Crippen molar-refractivity contribution >= 4 is 17.7 Å². The van der Waals surface area contributed by atoms with Gasteiger partial charge in [0, 0.05) is 17.5 Å². The summed E-state index contributed by atoms with van der Waals surface area (Å²) in [5.41, 5.74) is 5.21. The lowest BCUT2D eigenvalue weighted by Crippen LogP contribution is -2.36. The molecule has 2 aromatic heterocycles. The van der Waals surface area contributed by atoms with Gasteiger partial charge in [-0.05, 0) is 55.4 Å². The monoisotopic (exact) mass is 421 g/mol. The Bertz CT molecular complexity index is 1050. The van der Waals surface area contributed by atoms with Crippen LogP contribution in [0.4, 0.5) is 0 Å². The number of aromatic nitrogens is 2. The zero-order chi connectivity index (χ0) is 21.3. The Morgan fingerprint density at radius 1 is 1.23 bits per heavy atom. The van der Waals surface area contributed by atoms with Gasteiger partial charge in [-0.1, -0.05) is 43.3 Å². The molecule has 5 nitrogen and oxygen atoms in total. The first-order chi connectivity index (χ1) is 14.4. The summed E-state index contributed by atoms with van der Waals surface area (Å²) in [6.07, 6.45) is 3.69. The van der Waals surface area contributed by atoms with E-state index in [9.17, 15) is 4.79 Å². The zero-order valence-corrected chi connectivity index (χ0v) is 18.7. The van der Waals surface area contributed by atoms with Crippen molar-refractivity contribution in [3.63, 3.8) is 0 Å². The highest BCUT2D eigenvalue weighted by Gasteiger charge is 2.33. The SMILES string of the molecule is Cc1noc(C)c1CSc1ncccc1C(=O)N[C@H]1CCC(C)(C)c2ccccc21. The molecule has 0 fully saturated rings. The van der Waals surface area contributed by atoms with E-state index in [1.807, 2.05) is 32.0 Å². The second-order valence-electron chi connectivity index (χ2n) is 8.48. The van der Waals surface area contributed by atoms with E-state index < -0.39 is 0 Å². The van der Waals surface area contributed by atoms with E-state index >= 15 is 0 Å². The van der Waals surface area contributed by atoms with Crippen molar-refractivity contribution in [3.8, 4) is 0 Å². The van der Waals surface area contributed by atoms with Gasteiger partial charge in [-0.15, -0.1) is 11.8 Å². The van der Waals surface area contributed by atoms with Gasteiger partial charge in [-0.2, -0.15) is 0 Å². The van der Waals surface area contributed by atoms with Crippen molar-refractivity contribution < 1.29 is 9.32 Å². The second-order valence-corrected chi connectivity index (χ2v) is 9.45. The van der Waals surface area contributed by atoms with Crippen LogP contribution in [0.1, 0.15) is 71.2 Å². The number of benzene rings is 1. The summed E-state index contributed by atoms with van der Waals surface area (Å²) in [6, 6.07) is 12.1. The molecular formula is C24H27N3O2S. The number of amides is 1. The van der Waals surface area contributed by atoms with Gasteiger partial charge < -0.3 is 9.84 Å². The minimum Gasteiger partial charge on any atom is -0.361 e. The molecule has 0 unspecified atom stereocenters. The summed E-state index contributed by atoms with van der Waals surface area (Å²) in [5, 5.41) is 7.99. The van der Waals surface area contributed by atoms with Gasteiger partial charge in [0.05, 0.1) is 17.3 Å². The summed E-state index contributed by atoms with van der Waals surface area (Å²) in [5.74, 6) is 1.39. The van der Waals surface area contributed by atoms with Crippen LogP contribution < -0.4 is 5.32 Å². The van der Waals surface area contributed by atoms with E-state index in [4.69, 9.17) is 4.52 Å². The van der Waals surface area contributed by atoms with Crippen LogP contribution in [0.15, 0.2) is 52.1 Å². The molecule has 0 aliphatic heterocycles. The summed E-state index contributed by atoms with van der Waals surface area (Å²) in [6.45, 7) is 8.38. The molecule has 0 bridgehead atoms. The molecule has 0 saturated carbocycles. The summed E-state index contributed by atoms with van der Waals surface area (Å²) in [7, 11) is 0. The Morgan fingerprint density at radius 2 is 2.03 bits per heavy atom. The van der Waals surface area contributed by atoms with Crippen LogP contribution in [0.25, 0.3) is 0 Å². The molecule has 6 heteroatoms. The van der Waals surface area contributed by atoms with Crippen molar-refractivity contribution in [3.05, 3.63) is 76.3 Å². The van der Waals surface area contributed by atoms with Gasteiger partial charge >= 0.3 is 0 Å². The van der Waals surface area contributed by atoms with E-state index in [1.165, 1.54) is 22.9 Å². The van der Waals surface area contributed by atoms with Crippen molar-refractivity contribution in [2.24, 2.45) is 0 Å². The van der Waals surface area contributed by atoms with Crippen LogP contribution in [0, 0.1) is 13.8 Å². The fourth-order valence-electron chi connectivity index (χ4n) is 4.13. The highest BCUT2D eigenvalue weighted by Crippen LogP contribution is 2.41. The molecule has 2 heterocycles. The first kappa shape index (κ1) is 20.7. The normalized spacial score (nSPS) is 17.4. The molecule has 0 radical (unpaired) electrons. The number of rotatable bonds is 5. The molecule has 156 valence electrons. The first-order valence-electron chi connectivity index (χ1n) is 10.3. The number of hydrogen-bond donors (Lipinski definition) is 1. The van der Waals surface area contributed by atoms with E-state index in [0.29, 0.717) is 11.3 Å². The third kappa shape index (κ3) is 4.01. The number of nitrogens with zero attached hydrogens (tertiary/aromatic N) is 2. The van der Waals surface area contributed by atoms with Gasteiger partial charge in [0.1, 0.15) is 10.8 Å². The molecule has 1 atom stereocenters. The third-order valence-electron chi connectivity index (χ3n) is 5.98. The van der Waals surface area contributed by atoms with Crippen molar-refractivity contribution in [2.75, 3.05) is 0 Å². The highest BCUT2D eigenvalue weighted by atomic mass is 32.2. The molecule has 0 spiro atoms. The molecule has 30 heavy (non-hydrogen) atoms. The number of aryl methyl sites for hydroxylation is 2. The first-order valence-corrected chi connectivity index (χ1v) is 11.3. The molecule has 1 aliphatic carbocycles. The number of fused-ring (bicyclic) bond motifs is 1.